The van der Waals surface area contributed by atoms with Crippen molar-refractivity contribution in [2.45, 2.75) is 51.3 Å². The zero-order valence-corrected chi connectivity index (χ0v) is 18.3. The average Bonchev–Trinajstić information content (AvgIpc) is 2.67. The van der Waals surface area contributed by atoms with Crippen molar-refractivity contribution in [2.24, 2.45) is 11.0 Å². The molecule has 0 spiro atoms. The molecule has 28 heavy (non-hydrogen) atoms. The lowest BCUT2D eigenvalue weighted by Gasteiger charge is -2.30. The zero-order valence-electron chi connectivity index (χ0n) is 16.6. The molecule has 2 atom stereocenters. The van der Waals surface area contributed by atoms with Crippen molar-refractivity contribution in [1.82, 2.24) is 10.7 Å². The molecule has 154 valence electrons. The maximum atomic E-state index is 10.6. The van der Waals surface area contributed by atoms with Gasteiger partial charge >= 0.3 is 0 Å². The molecule has 0 unspecified atom stereocenters. The molecule has 0 radical (unpaired) electrons. The van der Waals surface area contributed by atoms with Crippen molar-refractivity contribution in [3.05, 3.63) is 29.3 Å². The van der Waals surface area contributed by atoms with Gasteiger partial charge in [-0.05, 0) is 61.7 Å². The van der Waals surface area contributed by atoms with Crippen LogP contribution in [-0.2, 0) is 10.5 Å². The van der Waals surface area contributed by atoms with Crippen LogP contribution in [0.3, 0.4) is 0 Å². The highest BCUT2D eigenvalue weighted by Gasteiger charge is 2.21. The Hall–Kier alpha value is -1.80. The third-order valence-electron chi connectivity index (χ3n) is 4.93. The third-order valence-corrected chi connectivity index (χ3v) is 6.09. The van der Waals surface area contributed by atoms with Crippen LogP contribution in [0.25, 0.3) is 0 Å². The molecular weight excluding hydrogens is 394 g/mol. The van der Waals surface area contributed by atoms with E-state index in [0.717, 1.165) is 29.0 Å². The van der Waals surface area contributed by atoms with Crippen LogP contribution in [0.4, 0.5) is 0 Å². The van der Waals surface area contributed by atoms with E-state index >= 15 is 0 Å². The SMILES string of the molecule is COc1ccc(/C(C)=N\NC(=S)N[C@H]2CCCC[C@@H]2C)cc1CSCC(=O)[O-]. The van der Waals surface area contributed by atoms with E-state index in [2.05, 4.69) is 22.8 Å². The summed E-state index contributed by atoms with van der Waals surface area (Å²) in [6.45, 7) is 4.16. The molecule has 0 saturated heterocycles. The number of nitrogens with one attached hydrogen (secondary N) is 2. The minimum absolute atomic E-state index is 0.0540. The number of carboxylic acids is 1. The van der Waals surface area contributed by atoms with Crippen LogP contribution >= 0.6 is 24.0 Å². The molecule has 0 bridgehead atoms. The van der Waals surface area contributed by atoms with Crippen LogP contribution in [0.5, 0.6) is 5.75 Å². The molecule has 0 aliphatic heterocycles. The first-order valence-electron chi connectivity index (χ1n) is 9.46. The van der Waals surface area contributed by atoms with Crippen molar-refractivity contribution in [3.63, 3.8) is 0 Å². The van der Waals surface area contributed by atoms with Crippen LogP contribution in [0.15, 0.2) is 23.3 Å². The molecule has 0 heterocycles. The van der Waals surface area contributed by atoms with E-state index in [4.69, 9.17) is 17.0 Å². The number of aliphatic carboxylic acids is 1. The number of thioether (sulfide) groups is 1. The molecule has 1 aliphatic carbocycles. The summed E-state index contributed by atoms with van der Waals surface area (Å²) in [5.41, 5.74) is 5.56. The van der Waals surface area contributed by atoms with Crippen molar-refractivity contribution in [1.29, 1.82) is 0 Å². The highest BCUT2D eigenvalue weighted by Crippen LogP contribution is 2.25. The van der Waals surface area contributed by atoms with E-state index in [1.165, 1.54) is 31.0 Å². The summed E-state index contributed by atoms with van der Waals surface area (Å²) in [6, 6.07) is 6.15. The van der Waals surface area contributed by atoms with Crippen LogP contribution in [0, 0.1) is 5.92 Å². The van der Waals surface area contributed by atoms with Crippen molar-refractivity contribution >= 4 is 40.8 Å². The van der Waals surface area contributed by atoms with Gasteiger partial charge in [-0.2, -0.15) is 16.9 Å². The number of thiocarbonyl (C=S) groups is 1. The number of carbonyl (C=O) groups excluding carboxylic acids is 1. The lowest BCUT2D eigenvalue weighted by Crippen LogP contribution is -2.44. The standard InChI is InChI=1S/C20H29N3O3S2/c1-13-6-4-5-7-17(13)21-20(27)23-22-14(2)15-8-9-18(26-3)16(10-15)11-28-12-19(24)25/h8-10,13,17H,4-7,11-12H2,1-3H3,(H,24,25)(H2,21,23,27)/p-1/b22-14-/t13-,17-/m0/s1. The van der Waals surface area contributed by atoms with E-state index in [1.54, 1.807) is 7.11 Å². The first-order valence-corrected chi connectivity index (χ1v) is 11.0. The number of hydrazone groups is 1. The Labute approximate surface area is 176 Å². The average molecular weight is 423 g/mol. The van der Waals surface area contributed by atoms with E-state index in [-0.39, 0.29) is 5.75 Å². The summed E-state index contributed by atoms with van der Waals surface area (Å²) < 4.78 is 5.37. The smallest absolute Gasteiger partial charge is 0.187 e. The number of nitrogens with zero attached hydrogens (tertiary/aromatic N) is 1. The Morgan fingerprint density at radius 2 is 2.14 bits per heavy atom. The van der Waals surface area contributed by atoms with Crippen molar-refractivity contribution in [3.8, 4) is 5.75 Å². The molecule has 6 nitrogen and oxygen atoms in total. The molecule has 1 saturated carbocycles. The van der Waals surface area contributed by atoms with Gasteiger partial charge in [-0.25, -0.2) is 0 Å². The van der Waals surface area contributed by atoms with Gasteiger partial charge in [0.1, 0.15) is 5.75 Å². The number of ether oxygens (including phenoxy) is 1. The minimum atomic E-state index is -1.07. The van der Waals surface area contributed by atoms with Crippen molar-refractivity contribution < 1.29 is 14.6 Å². The Bertz CT molecular complexity index is 725. The Balaban J connectivity index is 1.98. The Morgan fingerprint density at radius 3 is 2.82 bits per heavy atom. The Morgan fingerprint density at radius 1 is 1.39 bits per heavy atom. The summed E-state index contributed by atoms with van der Waals surface area (Å²) in [4.78, 5) is 10.6. The van der Waals surface area contributed by atoms with Gasteiger partial charge in [-0.3, -0.25) is 5.43 Å². The van der Waals surface area contributed by atoms with E-state index in [0.29, 0.717) is 22.8 Å². The van der Waals surface area contributed by atoms with Crippen LogP contribution < -0.4 is 20.6 Å². The number of carbonyl (C=O) groups is 1. The number of hydrogen-bond donors (Lipinski definition) is 2. The number of methoxy groups -OCH3 is 1. The largest absolute Gasteiger partial charge is 0.549 e. The second-order valence-corrected chi connectivity index (χ2v) is 8.44. The molecular formula is C20H28N3O3S2-. The molecule has 1 aromatic rings. The van der Waals surface area contributed by atoms with Gasteiger partial charge in [0.2, 0.25) is 0 Å². The predicted octanol–water partition coefficient (Wildman–Crippen LogP) is 2.45. The summed E-state index contributed by atoms with van der Waals surface area (Å²) in [7, 11) is 1.60. The minimum Gasteiger partial charge on any atom is -0.549 e. The summed E-state index contributed by atoms with van der Waals surface area (Å²) >= 11 is 6.66. The molecule has 1 aliphatic rings. The lowest BCUT2D eigenvalue weighted by molar-refractivity contribution is -0.301. The zero-order chi connectivity index (χ0) is 20.5. The fraction of sp³-hybridized carbons (Fsp3) is 0.550. The first kappa shape index (κ1) is 22.5. The highest BCUT2D eigenvalue weighted by atomic mass is 32.2. The van der Waals surface area contributed by atoms with Gasteiger partial charge < -0.3 is 20.0 Å². The molecule has 0 amide bonds. The van der Waals surface area contributed by atoms with Gasteiger partial charge in [0.05, 0.1) is 18.8 Å². The Kier molecular flexibility index (Phi) is 9.05. The summed E-state index contributed by atoms with van der Waals surface area (Å²) in [5, 5.41) is 18.9. The van der Waals surface area contributed by atoms with E-state index in [9.17, 15) is 9.90 Å². The molecule has 2 rings (SSSR count). The number of carboxylic acid groups (broad SMARTS) is 1. The second kappa shape index (κ2) is 11.3. The molecule has 0 aromatic heterocycles. The molecule has 1 fully saturated rings. The second-order valence-electron chi connectivity index (χ2n) is 7.04. The monoisotopic (exact) mass is 422 g/mol. The van der Waals surface area contributed by atoms with Gasteiger partial charge in [0.15, 0.2) is 5.11 Å². The molecule has 1 aromatic carbocycles. The fourth-order valence-electron chi connectivity index (χ4n) is 3.29. The van der Waals surface area contributed by atoms with Crippen LogP contribution in [-0.4, -0.2) is 35.7 Å². The van der Waals surface area contributed by atoms with E-state index in [1.807, 2.05) is 25.1 Å². The normalized spacial score (nSPS) is 19.8. The number of hydrogen-bond acceptors (Lipinski definition) is 6. The number of benzene rings is 1. The van der Waals surface area contributed by atoms with Crippen LogP contribution in [0.1, 0.15) is 50.7 Å². The maximum Gasteiger partial charge on any atom is 0.187 e. The molecule has 8 heteroatoms. The van der Waals surface area contributed by atoms with Gasteiger partial charge in [0, 0.05) is 23.1 Å². The van der Waals surface area contributed by atoms with Gasteiger partial charge in [-0.15, -0.1) is 0 Å². The highest BCUT2D eigenvalue weighted by molar-refractivity contribution is 7.99. The van der Waals surface area contributed by atoms with E-state index < -0.39 is 5.97 Å². The first-order chi connectivity index (χ1) is 13.4. The third kappa shape index (κ3) is 6.98. The summed E-state index contributed by atoms with van der Waals surface area (Å²) in [6.07, 6.45) is 4.89. The van der Waals surface area contributed by atoms with Gasteiger partial charge in [0.25, 0.3) is 0 Å². The quantitative estimate of drug-likeness (QED) is 0.378. The van der Waals surface area contributed by atoms with Crippen LogP contribution in [0.2, 0.25) is 0 Å². The fourth-order valence-corrected chi connectivity index (χ4v) is 4.20. The maximum absolute atomic E-state index is 10.6. The predicted molar refractivity (Wildman–Crippen MR) is 117 cm³/mol. The van der Waals surface area contributed by atoms with Crippen molar-refractivity contribution in [2.75, 3.05) is 12.9 Å². The lowest BCUT2D eigenvalue weighted by atomic mass is 9.86. The molecule has 2 N–H and O–H groups in total. The topological polar surface area (TPSA) is 85.8 Å². The van der Waals surface area contributed by atoms with Gasteiger partial charge in [-0.1, -0.05) is 19.8 Å². The summed E-state index contributed by atoms with van der Waals surface area (Å²) in [5.74, 6) is 0.725. The number of rotatable bonds is 8.